The number of halogens is 1. The molecule has 92 valence electrons. The quantitative estimate of drug-likeness (QED) is 0.835. The van der Waals surface area contributed by atoms with Gasteiger partial charge in [0.2, 0.25) is 0 Å². The topological polar surface area (TPSA) is 78.5 Å². The lowest BCUT2D eigenvalue weighted by Gasteiger charge is -2.14. The molecule has 0 saturated carbocycles. The lowest BCUT2D eigenvalue weighted by atomic mass is 10.3. The number of hydrogen-bond acceptors (Lipinski definition) is 4. The average molecular weight is 301 g/mol. The second-order valence-electron chi connectivity index (χ2n) is 3.35. The molecule has 17 heavy (non-hydrogen) atoms. The van der Waals surface area contributed by atoms with Crippen LogP contribution >= 0.6 is 15.9 Å². The van der Waals surface area contributed by atoms with Crippen molar-refractivity contribution in [2.45, 2.75) is 13.0 Å². The molecular formula is C11H11BrNO4-. The molecule has 0 radical (unpaired) electrons. The van der Waals surface area contributed by atoms with Gasteiger partial charge in [-0.25, -0.2) is 0 Å². The molecule has 1 atom stereocenters. The molecule has 0 saturated heterocycles. The number of carbonyl (C=O) groups is 2. The monoisotopic (exact) mass is 300 g/mol. The van der Waals surface area contributed by atoms with E-state index in [4.69, 9.17) is 4.74 Å². The molecule has 1 rings (SSSR count). The van der Waals surface area contributed by atoms with Gasteiger partial charge in [-0.05, 0) is 25.1 Å². The number of ether oxygens (including phenoxy) is 1. The maximum Gasteiger partial charge on any atom is 0.258 e. The summed E-state index contributed by atoms with van der Waals surface area (Å²) < 4.78 is 6.01. The zero-order valence-electron chi connectivity index (χ0n) is 9.10. The van der Waals surface area contributed by atoms with E-state index in [-0.39, 0.29) is 6.61 Å². The Labute approximate surface area is 107 Å². The van der Waals surface area contributed by atoms with Crippen LogP contribution in [0, 0.1) is 0 Å². The zero-order chi connectivity index (χ0) is 12.8. The average Bonchev–Trinajstić information content (AvgIpc) is 2.26. The van der Waals surface area contributed by atoms with Gasteiger partial charge in [-0.2, -0.15) is 0 Å². The molecule has 1 amide bonds. The van der Waals surface area contributed by atoms with E-state index in [0.717, 1.165) is 4.47 Å². The van der Waals surface area contributed by atoms with Gasteiger partial charge in [0.1, 0.15) is 5.75 Å². The molecule has 1 N–H and O–H groups in total. The molecule has 6 heteroatoms. The smallest absolute Gasteiger partial charge is 0.258 e. The Morgan fingerprint density at radius 2 is 2.24 bits per heavy atom. The van der Waals surface area contributed by atoms with E-state index < -0.39 is 17.9 Å². The lowest BCUT2D eigenvalue weighted by Crippen LogP contribution is -2.47. The third-order valence-electron chi connectivity index (χ3n) is 1.90. The predicted octanol–water partition coefficient (Wildman–Crippen LogP) is 0.0825. The number of nitrogens with one attached hydrogen (secondary N) is 1. The minimum absolute atomic E-state index is 0.242. The summed E-state index contributed by atoms with van der Waals surface area (Å²) in [6.07, 6.45) is 0. The van der Waals surface area contributed by atoms with Crippen LogP contribution in [0.2, 0.25) is 0 Å². The van der Waals surface area contributed by atoms with Gasteiger partial charge in [0.15, 0.2) is 6.61 Å². The van der Waals surface area contributed by atoms with Crippen LogP contribution in [0.15, 0.2) is 28.7 Å². The normalized spacial score (nSPS) is 11.6. The Hall–Kier alpha value is -1.56. The van der Waals surface area contributed by atoms with Crippen molar-refractivity contribution in [1.82, 2.24) is 5.32 Å². The van der Waals surface area contributed by atoms with Gasteiger partial charge in [-0.3, -0.25) is 4.79 Å². The molecule has 5 nitrogen and oxygen atoms in total. The van der Waals surface area contributed by atoms with Gasteiger partial charge in [0.25, 0.3) is 5.91 Å². The molecule has 1 unspecified atom stereocenters. The van der Waals surface area contributed by atoms with Crippen LogP contribution in [0.4, 0.5) is 0 Å². The van der Waals surface area contributed by atoms with Gasteiger partial charge in [0.05, 0.1) is 12.0 Å². The summed E-state index contributed by atoms with van der Waals surface area (Å²) in [4.78, 5) is 21.7. The Balaban J connectivity index is 2.41. The van der Waals surface area contributed by atoms with Crippen molar-refractivity contribution < 1.29 is 19.4 Å². The SMILES string of the molecule is CC(NC(=O)COc1cccc(Br)c1)C(=O)[O-]. The first-order valence-electron chi connectivity index (χ1n) is 4.87. The fraction of sp³-hybridized carbons (Fsp3) is 0.273. The van der Waals surface area contributed by atoms with Gasteiger partial charge < -0.3 is 20.0 Å². The van der Waals surface area contributed by atoms with Crippen molar-refractivity contribution in [3.63, 3.8) is 0 Å². The zero-order valence-corrected chi connectivity index (χ0v) is 10.7. The molecule has 0 fully saturated rings. The summed E-state index contributed by atoms with van der Waals surface area (Å²) in [5.41, 5.74) is 0. The molecule has 1 aromatic carbocycles. The third-order valence-corrected chi connectivity index (χ3v) is 2.39. The number of rotatable bonds is 5. The van der Waals surface area contributed by atoms with Crippen molar-refractivity contribution in [2.24, 2.45) is 0 Å². The highest BCUT2D eigenvalue weighted by atomic mass is 79.9. The fourth-order valence-electron chi connectivity index (χ4n) is 1.05. The highest BCUT2D eigenvalue weighted by Gasteiger charge is 2.08. The first-order valence-corrected chi connectivity index (χ1v) is 5.67. The number of carboxylic acid groups (broad SMARTS) is 1. The molecule has 0 bridgehead atoms. The number of aliphatic carboxylic acids is 1. The summed E-state index contributed by atoms with van der Waals surface area (Å²) in [5.74, 6) is -1.32. The minimum atomic E-state index is -1.33. The fourth-order valence-corrected chi connectivity index (χ4v) is 1.43. The highest BCUT2D eigenvalue weighted by Crippen LogP contribution is 2.17. The van der Waals surface area contributed by atoms with Crippen LogP contribution < -0.4 is 15.2 Å². The van der Waals surface area contributed by atoms with E-state index >= 15 is 0 Å². The molecule has 0 spiro atoms. The summed E-state index contributed by atoms with van der Waals surface area (Å²) >= 11 is 3.26. The molecule has 0 aromatic heterocycles. The minimum Gasteiger partial charge on any atom is -0.548 e. The van der Waals surface area contributed by atoms with Crippen molar-refractivity contribution >= 4 is 27.8 Å². The molecule has 1 aromatic rings. The van der Waals surface area contributed by atoms with Gasteiger partial charge in [0, 0.05) is 4.47 Å². The molecule has 0 heterocycles. The van der Waals surface area contributed by atoms with E-state index in [2.05, 4.69) is 21.2 Å². The number of hydrogen-bond donors (Lipinski definition) is 1. The summed E-state index contributed by atoms with van der Waals surface area (Å²) in [7, 11) is 0. The van der Waals surface area contributed by atoms with Crippen molar-refractivity contribution in [3.8, 4) is 5.75 Å². The Bertz CT molecular complexity index is 422. The number of carbonyl (C=O) groups excluding carboxylic acids is 2. The summed E-state index contributed by atoms with van der Waals surface area (Å²) in [6, 6.07) is 5.95. The maximum absolute atomic E-state index is 11.3. The Morgan fingerprint density at radius 3 is 2.82 bits per heavy atom. The lowest BCUT2D eigenvalue weighted by molar-refractivity contribution is -0.307. The van der Waals surface area contributed by atoms with Crippen molar-refractivity contribution in [3.05, 3.63) is 28.7 Å². The van der Waals surface area contributed by atoms with Crippen LogP contribution in [-0.4, -0.2) is 24.5 Å². The number of carboxylic acids is 1. The van der Waals surface area contributed by atoms with Crippen molar-refractivity contribution in [2.75, 3.05) is 6.61 Å². The molecule has 0 aliphatic heterocycles. The largest absolute Gasteiger partial charge is 0.548 e. The second kappa shape index (κ2) is 6.24. The molecular weight excluding hydrogens is 290 g/mol. The molecule has 0 aliphatic carbocycles. The van der Waals surface area contributed by atoms with Gasteiger partial charge >= 0.3 is 0 Å². The second-order valence-corrected chi connectivity index (χ2v) is 4.27. The van der Waals surface area contributed by atoms with Gasteiger partial charge in [-0.15, -0.1) is 0 Å². The highest BCUT2D eigenvalue weighted by molar-refractivity contribution is 9.10. The molecule has 0 aliphatic rings. The van der Waals surface area contributed by atoms with E-state index in [1.54, 1.807) is 18.2 Å². The van der Waals surface area contributed by atoms with E-state index in [0.29, 0.717) is 5.75 Å². The first-order chi connectivity index (χ1) is 7.99. The van der Waals surface area contributed by atoms with Crippen LogP contribution in [0.5, 0.6) is 5.75 Å². The van der Waals surface area contributed by atoms with Crippen LogP contribution in [0.1, 0.15) is 6.92 Å². The maximum atomic E-state index is 11.3. The van der Waals surface area contributed by atoms with Crippen LogP contribution in [0.25, 0.3) is 0 Å². The van der Waals surface area contributed by atoms with E-state index in [1.165, 1.54) is 6.92 Å². The first kappa shape index (κ1) is 13.5. The van der Waals surface area contributed by atoms with E-state index in [1.807, 2.05) is 6.07 Å². The van der Waals surface area contributed by atoms with Crippen LogP contribution in [0.3, 0.4) is 0 Å². The Kier molecular flexibility index (Phi) is 4.96. The summed E-state index contributed by atoms with van der Waals surface area (Å²) in [5, 5.41) is 12.6. The summed E-state index contributed by atoms with van der Waals surface area (Å²) in [6.45, 7) is 1.08. The number of benzene rings is 1. The van der Waals surface area contributed by atoms with Crippen molar-refractivity contribution in [1.29, 1.82) is 0 Å². The predicted molar refractivity (Wildman–Crippen MR) is 62.2 cm³/mol. The van der Waals surface area contributed by atoms with Crippen LogP contribution in [-0.2, 0) is 9.59 Å². The Morgan fingerprint density at radius 1 is 1.53 bits per heavy atom. The van der Waals surface area contributed by atoms with E-state index in [9.17, 15) is 14.7 Å². The number of amides is 1. The van der Waals surface area contributed by atoms with Gasteiger partial charge in [-0.1, -0.05) is 22.0 Å². The third kappa shape index (κ3) is 4.86. The standard InChI is InChI=1S/C11H12BrNO4/c1-7(11(15)16)13-10(14)6-17-9-4-2-3-8(12)5-9/h2-5,7H,6H2,1H3,(H,13,14)(H,15,16)/p-1.